The molecule has 1 N–H and O–H groups in total. The summed E-state index contributed by atoms with van der Waals surface area (Å²) in [6, 6.07) is 11.2. The molecular formula is C22H26ClN3O5S. The van der Waals surface area contributed by atoms with Crippen LogP contribution >= 0.6 is 11.6 Å². The Morgan fingerprint density at radius 2 is 1.78 bits per heavy atom. The molecule has 0 saturated carbocycles. The number of nitrogens with zero attached hydrogens (tertiary/aromatic N) is 2. The molecule has 8 nitrogen and oxygen atoms in total. The molecule has 1 amide bonds. The van der Waals surface area contributed by atoms with Gasteiger partial charge in [-0.15, -0.1) is 0 Å². The zero-order valence-corrected chi connectivity index (χ0v) is 19.7. The monoisotopic (exact) mass is 479 g/mol. The maximum Gasteiger partial charge on any atom is 0.339 e. The first-order valence-electron chi connectivity index (χ1n) is 10.1. The molecule has 0 aliphatic carbocycles. The predicted octanol–water partition coefficient (Wildman–Crippen LogP) is 3.23. The van der Waals surface area contributed by atoms with Crippen LogP contribution in [-0.2, 0) is 19.6 Å². The van der Waals surface area contributed by atoms with Crippen molar-refractivity contribution < 1.29 is 22.7 Å². The summed E-state index contributed by atoms with van der Waals surface area (Å²) in [7, 11) is 1.04. The lowest BCUT2D eigenvalue weighted by molar-refractivity contribution is -0.120. The Morgan fingerprint density at radius 1 is 1.12 bits per heavy atom. The van der Waals surface area contributed by atoms with Crippen LogP contribution in [0, 0.1) is 5.92 Å². The van der Waals surface area contributed by atoms with E-state index in [1.807, 2.05) is 25.1 Å². The topological polar surface area (TPSA) is 96.0 Å². The minimum absolute atomic E-state index is 0.00737. The standard InChI is InChI=1S/C22H26ClN3O5S/c1-25(2)19-9-8-16(23)14-18(19)24-21(27)15-10-12-26(13-11-15)32(29,30)20-7-5-4-6-17(20)22(28)31-3/h4-9,14-15H,10-13H2,1-3H3,(H,24,27). The van der Waals surface area contributed by atoms with E-state index in [-0.39, 0.29) is 35.4 Å². The average molecular weight is 480 g/mol. The highest BCUT2D eigenvalue weighted by Gasteiger charge is 2.34. The lowest BCUT2D eigenvalue weighted by Gasteiger charge is -2.31. The lowest BCUT2D eigenvalue weighted by atomic mass is 9.97. The van der Waals surface area contributed by atoms with Crippen molar-refractivity contribution >= 4 is 44.9 Å². The fourth-order valence-corrected chi connectivity index (χ4v) is 5.52. The van der Waals surface area contributed by atoms with Gasteiger partial charge < -0.3 is 15.0 Å². The number of sulfonamides is 1. The molecule has 1 heterocycles. The molecule has 172 valence electrons. The van der Waals surface area contributed by atoms with Crippen molar-refractivity contribution in [2.24, 2.45) is 5.92 Å². The molecule has 1 saturated heterocycles. The first-order chi connectivity index (χ1) is 15.1. The van der Waals surface area contributed by atoms with Crippen LogP contribution in [0.5, 0.6) is 0 Å². The summed E-state index contributed by atoms with van der Waals surface area (Å²) in [6.45, 7) is 0.345. The van der Waals surface area contributed by atoms with Crippen molar-refractivity contribution in [3.8, 4) is 0 Å². The number of anilines is 2. The van der Waals surface area contributed by atoms with E-state index in [0.29, 0.717) is 23.6 Å². The summed E-state index contributed by atoms with van der Waals surface area (Å²) in [6.07, 6.45) is 0.729. The highest BCUT2D eigenvalue weighted by Crippen LogP contribution is 2.30. The first-order valence-corrected chi connectivity index (χ1v) is 11.9. The Labute approximate surface area is 193 Å². The number of rotatable bonds is 6. The van der Waals surface area contributed by atoms with E-state index in [4.69, 9.17) is 16.3 Å². The quantitative estimate of drug-likeness (QED) is 0.639. The van der Waals surface area contributed by atoms with Gasteiger partial charge in [0.25, 0.3) is 0 Å². The zero-order chi connectivity index (χ0) is 23.5. The molecule has 1 aliphatic rings. The van der Waals surface area contributed by atoms with Gasteiger partial charge in [-0.2, -0.15) is 4.31 Å². The highest BCUT2D eigenvalue weighted by atomic mass is 35.5. The number of piperidine rings is 1. The number of halogens is 1. The van der Waals surface area contributed by atoms with Gasteiger partial charge in [0.15, 0.2) is 0 Å². The smallest absolute Gasteiger partial charge is 0.339 e. The van der Waals surface area contributed by atoms with Crippen molar-refractivity contribution in [2.75, 3.05) is 44.5 Å². The summed E-state index contributed by atoms with van der Waals surface area (Å²) >= 11 is 6.09. The highest BCUT2D eigenvalue weighted by molar-refractivity contribution is 7.89. The first kappa shape index (κ1) is 24.0. The zero-order valence-electron chi connectivity index (χ0n) is 18.2. The van der Waals surface area contributed by atoms with Crippen molar-refractivity contribution in [1.82, 2.24) is 4.31 Å². The molecule has 32 heavy (non-hydrogen) atoms. The largest absolute Gasteiger partial charge is 0.465 e. The number of hydrogen-bond acceptors (Lipinski definition) is 6. The summed E-state index contributed by atoms with van der Waals surface area (Å²) in [4.78, 5) is 26.6. The molecule has 0 aromatic heterocycles. The van der Waals surface area contributed by atoms with Gasteiger partial charge in [0.2, 0.25) is 15.9 Å². The number of amides is 1. The fraction of sp³-hybridized carbons (Fsp3) is 0.364. The summed E-state index contributed by atoms with van der Waals surface area (Å²) in [5.74, 6) is -1.23. The van der Waals surface area contributed by atoms with Crippen LogP contribution in [0.25, 0.3) is 0 Å². The lowest BCUT2D eigenvalue weighted by Crippen LogP contribution is -2.41. The Kier molecular flexibility index (Phi) is 7.43. The van der Waals surface area contributed by atoms with Crippen molar-refractivity contribution in [2.45, 2.75) is 17.7 Å². The number of methoxy groups -OCH3 is 1. The molecule has 1 aliphatic heterocycles. The third-order valence-electron chi connectivity index (χ3n) is 5.43. The Bertz CT molecular complexity index is 1110. The molecule has 0 radical (unpaired) electrons. The van der Waals surface area contributed by atoms with Gasteiger partial charge in [-0.25, -0.2) is 13.2 Å². The van der Waals surface area contributed by atoms with Crippen LogP contribution in [0.3, 0.4) is 0 Å². The molecule has 2 aromatic rings. The molecular weight excluding hydrogens is 454 g/mol. The van der Waals surface area contributed by atoms with Crippen LogP contribution in [0.1, 0.15) is 23.2 Å². The second-order valence-corrected chi connectivity index (χ2v) is 10.1. The number of benzene rings is 2. The second-order valence-electron chi connectivity index (χ2n) is 7.71. The van der Waals surface area contributed by atoms with Gasteiger partial charge in [0, 0.05) is 38.1 Å². The van der Waals surface area contributed by atoms with Crippen LogP contribution in [-0.4, -0.2) is 58.9 Å². The molecule has 1 fully saturated rings. The van der Waals surface area contributed by atoms with E-state index in [9.17, 15) is 18.0 Å². The number of carbonyl (C=O) groups is 2. The predicted molar refractivity (Wildman–Crippen MR) is 124 cm³/mol. The summed E-state index contributed by atoms with van der Waals surface area (Å²) in [5, 5.41) is 3.44. The summed E-state index contributed by atoms with van der Waals surface area (Å²) < 4.78 is 32.3. The van der Waals surface area contributed by atoms with Crippen molar-refractivity contribution in [3.05, 3.63) is 53.1 Å². The van der Waals surface area contributed by atoms with E-state index in [2.05, 4.69) is 5.32 Å². The van der Waals surface area contributed by atoms with Crippen LogP contribution < -0.4 is 10.2 Å². The third kappa shape index (κ3) is 5.06. The maximum absolute atomic E-state index is 13.2. The average Bonchev–Trinajstić information content (AvgIpc) is 2.78. The van der Waals surface area contributed by atoms with Gasteiger partial charge >= 0.3 is 5.97 Å². The Balaban J connectivity index is 1.71. The number of hydrogen-bond donors (Lipinski definition) is 1. The van der Waals surface area contributed by atoms with Crippen molar-refractivity contribution in [1.29, 1.82) is 0 Å². The van der Waals surface area contributed by atoms with Crippen LogP contribution in [0.15, 0.2) is 47.4 Å². The van der Waals surface area contributed by atoms with Crippen molar-refractivity contribution in [3.63, 3.8) is 0 Å². The molecule has 10 heteroatoms. The number of carbonyl (C=O) groups excluding carboxylic acids is 2. The van der Waals surface area contributed by atoms with E-state index >= 15 is 0 Å². The normalized spacial score (nSPS) is 15.2. The van der Waals surface area contributed by atoms with Crippen LogP contribution in [0.2, 0.25) is 5.02 Å². The number of ether oxygens (including phenoxy) is 1. The van der Waals surface area contributed by atoms with E-state index in [0.717, 1.165) is 5.69 Å². The fourth-order valence-electron chi connectivity index (χ4n) is 3.70. The van der Waals surface area contributed by atoms with Gasteiger partial charge in [-0.1, -0.05) is 23.7 Å². The minimum Gasteiger partial charge on any atom is -0.465 e. The molecule has 2 aromatic carbocycles. The van der Waals surface area contributed by atoms with Gasteiger partial charge in [-0.3, -0.25) is 4.79 Å². The van der Waals surface area contributed by atoms with Crippen LogP contribution in [0.4, 0.5) is 11.4 Å². The SMILES string of the molecule is COC(=O)c1ccccc1S(=O)(=O)N1CCC(C(=O)Nc2cc(Cl)ccc2N(C)C)CC1. The Hall–Kier alpha value is -2.62. The van der Waals surface area contributed by atoms with Gasteiger partial charge in [0.05, 0.1) is 28.9 Å². The third-order valence-corrected chi connectivity index (χ3v) is 7.63. The van der Waals surface area contributed by atoms with E-state index < -0.39 is 16.0 Å². The van der Waals surface area contributed by atoms with E-state index in [1.54, 1.807) is 24.3 Å². The molecule has 0 bridgehead atoms. The number of nitrogens with one attached hydrogen (secondary N) is 1. The second kappa shape index (κ2) is 9.89. The molecule has 3 rings (SSSR count). The number of esters is 1. The van der Waals surface area contributed by atoms with Gasteiger partial charge in [0.1, 0.15) is 0 Å². The summed E-state index contributed by atoms with van der Waals surface area (Å²) in [5.41, 5.74) is 1.42. The van der Waals surface area contributed by atoms with Gasteiger partial charge in [-0.05, 0) is 43.2 Å². The molecule has 0 spiro atoms. The molecule has 0 unspecified atom stereocenters. The Morgan fingerprint density at radius 3 is 2.41 bits per heavy atom. The molecule has 0 atom stereocenters. The van der Waals surface area contributed by atoms with E-state index in [1.165, 1.54) is 23.5 Å². The minimum atomic E-state index is -3.90. The maximum atomic E-state index is 13.2.